The van der Waals surface area contributed by atoms with E-state index in [9.17, 15) is 4.79 Å². The highest BCUT2D eigenvalue weighted by Gasteiger charge is 2.54. The van der Waals surface area contributed by atoms with E-state index in [0.717, 1.165) is 13.0 Å². The molecule has 2 atom stereocenters. The molecule has 0 amide bonds. The summed E-state index contributed by atoms with van der Waals surface area (Å²) in [5.74, 6) is -0.986. The fourth-order valence-corrected chi connectivity index (χ4v) is 2.78. The Hall–Kier alpha value is -0.320. The van der Waals surface area contributed by atoms with E-state index >= 15 is 0 Å². The molecule has 0 aromatic carbocycles. The van der Waals surface area contributed by atoms with Crippen LogP contribution in [-0.4, -0.2) is 36.4 Å². The van der Waals surface area contributed by atoms with Crippen molar-refractivity contribution in [1.29, 1.82) is 0 Å². The Kier molecular flexibility index (Phi) is 3.33. The zero-order valence-corrected chi connectivity index (χ0v) is 9.89. The first-order valence-corrected chi connectivity index (χ1v) is 5.03. The number of carboxylic acids is 1. The van der Waals surface area contributed by atoms with Crippen LogP contribution in [0.2, 0.25) is 0 Å². The Morgan fingerprint density at radius 3 is 2.67 bits per heavy atom. The van der Waals surface area contributed by atoms with E-state index < -0.39 is 5.97 Å². The van der Waals surface area contributed by atoms with E-state index in [4.69, 9.17) is 9.84 Å². The van der Waals surface area contributed by atoms with Crippen molar-refractivity contribution in [3.05, 3.63) is 0 Å². The summed E-state index contributed by atoms with van der Waals surface area (Å²) < 4.78 is 5.66. The summed E-state index contributed by atoms with van der Waals surface area (Å²) in [7, 11) is 0. The van der Waals surface area contributed by atoms with E-state index in [1.807, 2.05) is 13.8 Å². The number of hydrogen-bond acceptors (Lipinski definition) is 3. The van der Waals surface area contributed by atoms with Crippen molar-refractivity contribution in [3.8, 4) is 0 Å². The number of halogens is 1. The molecule has 2 heterocycles. The summed E-state index contributed by atoms with van der Waals surface area (Å²) >= 11 is 0. The quantitative estimate of drug-likeness (QED) is 0.709. The van der Waals surface area contributed by atoms with Crippen molar-refractivity contribution in [2.45, 2.75) is 25.9 Å². The van der Waals surface area contributed by atoms with E-state index in [-0.39, 0.29) is 29.3 Å². The molecule has 2 rings (SSSR count). The molecule has 0 saturated carbocycles. The third-order valence-corrected chi connectivity index (χ3v) is 3.39. The summed E-state index contributed by atoms with van der Waals surface area (Å²) in [5, 5.41) is 12.3. The minimum absolute atomic E-state index is 0. The van der Waals surface area contributed by atoms with Gasteiger partial charge in [0, 0.05) is 18.5 Å². The molecule has 2 saturated heterocycles. The van der Waals surface area contributed by atoms with Crippen LogP contribution in [0.1, 0.15) is 20.3 Å². The van der Waals surface area contributed by atoms with Gasteiger partial charge in [0.1, 0.15) is 0 Å². The molecule has 0 aromatic rings. The second-order valence-corrected chi connectivity index (χ2v) is 5.11. The number of carbonyl (C=O) groups is 1. The predicted octanol–water partition coefficient (Wildman–Crippen LogP) is 0.897. The molecular weight excluding hydrogens is 218 g/mol. The van der Waals surface area contributed by atoms with E-state index in [1.54, 1.807) is 0 Å². The molecule has 0 aromatic heterocycles. The number of ether oxygens (including phenoxy) is 1. The third kappa shape index (κ3) is 2.12. The molecule has 0 aliphatic carbocycles. The molecule has 2 aliphatic rings. The van der Waals surface area contributed by atoms with Crippen LogP contribution in [-0.2, 0) is 9.53 Å². The van der Waals surface area contributed by atoms with Gasteiger partial charge in [0.2, 0.25) is 0 Å². The Morgan fingerprint density at radius 1 is 1.53 bits per heavy atom. The molecular formula is C10H18ClNO3. The number of nitrogens with one attached hydrogen (secondary N) is 1. The maximum Gasteiger partial charge on any atom is 0.308 e. The van der Waals surface area contributed by atoms with Crippen molar-refractivity contribution in [3.63, 3.8) is 0 Å². The number of rotatable bonds is 1. The minimum atomic E-state index is -0.698. The Morgan fingerprint density at radius 2 is 2.20 bits per heavy atom. The number of hydrogen-bond donors (Lipinski definition) is 2. The van der Waals surface area contributed by atoms with Crippen molar-refractivity contribution in [2.75, 3.05) is 19.7 Å². The van der Waals surface area contributed by atoms with Gasteiger partial charge in [-0.25, -0.2) is 0 Å². The van der Waals surface area contributed by atoms with E-state index in [1.165, 1.54) is 0 Å². The minimum Gasteiger partial charge on any atom is -0.481 e. The summed E-state index contributed by atoms with van der Waals surface area (Å²) in [4.78, 5) is 11.1. The smallest absolute Gasteiger partial charge is 0.308 e. The van der Waals surface area contributed by atoms with Gasteiger partial charge in [-0.1, -0.05) is 0 Å². The number of aliphatic carboxylic acids is 1. The Bertz CT molecular complexity index is 269. The summed E-state index contributed by atoms with van der Waals surface area (Å²) in [5.41, 5.74) is -0.338. The van der Waals surface area contributed by atoms with E-state index in [2.05, 4.69) is 5.32 Å². The maximum absolute atomic E-state index is 11.1. The van der Waals surface area contributed by atoms with Crippen molar-refractivity contribution < 1.29 is 14.6 Å². The van der Waals surface area contributed by atoms with Gasteiger partial charge in [0.05, 0.1) is 18.1 Å². The largest absolute Gasteiger partial charge is 0.481 e. The lowest BCUT2D eigenvalue weighted by molar-refractivity contribution is -0.144. The molecule has 1 spiro atoms. The second kappa shape index (κ2) is 3.92. The molecule has 5 heteroatoms. The zero-order chi connectivity index (χ0) is 10.4. The lowest BCUT2D eigenvalue weighted by Crippen LogP contribution is -2.36. The average Bonchev–Trinajstić information content (AvgIpc) is 2.57. The molecule has 4 nitrogen and oxygen atoms in total. The summed E-state index contributed by atoms with van der Waals surface area (Å²) in [6.07, 6.45) is 0.837. The number of carboxylic acid groups (broad SMARTS) is 1. The van der Waals surface area contributed by atoms with Crippen LogP contribution in [0, 0.1) is 11.3 Å². The van der Waals surface area contributed by atoms with Gasteiger partial charge in [-0.3, -0.25) is 4.79 Å². The molecule has 2 aliphatic heterocycles. The van der Waals surface area contributed by atoms with Gasteiger partial charge in [0.15, 0.2) is 0 Å². The van der Waals surface area contributed by atoms with Gasteiger partial charge in [-0.15, -0.1) is 12.4 Å². The second-order valence-electron chi connectivity index (χ2n) is 5.11. The van der Waals surface area contributed by atoms with Gasteiger partial charge < -0.3 is 15.2 Å². The van der Waals surface area contributed by atoms with Crippen molar-refractivity contribution >= 4 is 18.4 Å². The lowest BCUT2D eigenvalue weighted by atomic mass is 9.74. The van der Waals surface area contributed by atoms with Gasteiger partial charge in [-0.05, 0) is 20.3 Å². The van der Waals surface area contributed by atoms with E-state index in [0.29, 0.717) is 13.2 Å². The average molecular weight is 236 g/mol. The summed E-state index contributed by atoms with van der Waals surface area (Å²) in [6.45, 7) is 5.98. The van der Waals surface area contributed by atoms with Gasteiger partial charge in [-0.2, -0.15) is 0 Å². The lowest BCUT2D eigenvalue weighted by Gasteiger charge is -2.26. The predicted molar refractivity (Wildman–Crippen MR) is 58.3 cm³/mol. The van der Waals surface area contributed by atoms with Crippen LogP contribution in [0.15, 0.2) is 0 Å². The fourth-order valence-electron chi connectivity index (χ4n) is 2.78. The normalized spacial score (nSPS) is 37.9. The standard InChI is InChI=1S/C10H17NO3.ClH/c1-9(2)4-10(6-14-9)5-11-3-7(10)8(12)13;/h7,11H,3-6H2,1-2H3,(H,12,13);1H. The molecule has 0 radical (unpaired) electrons. The fraction of sp³-hybridized carbons (Fsp3) is 0.900. The third-order valence-electron chi connectivity index (χ3n) is 3.39. The van der Waals surface area contributed by atoms with Gasteiger partial charge in [0.25, 0.3) is 0 Å². The highest BCUT2D eigenvalue weighted by atomic mass is 35.5. The van der Waals surface area contributed by atoms with Crippen LogP contribution in [0.3, 0.4) is 0 Å². The van der Waals surface area contributed by atoms with Crippen LogP contribution in [0.25, 0.3) is 0 Å². The molecule has 2 N–H and O–H groups in total. The topological polar surface area (TPSA) is 58.6 Å². The molecule has 0 bridgehead atoms. The highest BCUT2D eigenvalue weighted by Crippen LogP contribution is 2.46. The maximum atomic E-state index is 11.1. The first-order valence-electron chi connectivity index (χ1n) is 5.03. The Balaban J connectivity index is 0.00000112. The van der Waals surface area contributed by atoms with Crippen LogP contribution < -0.4 is 5.32 Å². The zero-order valence-electron chi connectivity index (χ0n) is 9.08. The van der Waals surface area contributed by atoms with Crippen molar-refractivity contribution in [2.24, 2.45) is 11.3 Å². The summed E-state index contributed by atoms with van der Waals surface area (Å²) in [6, 6.07) is 0. The molecule has 88 valence electrons. The first-order chi connectivity index (χ1) is 6.45. The SMILES string of the molecule is CC1(C)CC2(CNCC2C(=O)O)CO1.Cl. The first kappa shape index (κ1) is 12.7. The highest BCUT2D eigenvalue weighted by molar-refractivity contribution is 5.85. The molecule has 15 heavy (non-hydrogen) atoms. The van der Waals surface area contributed by atoms with Crippen LogP contribution in [0.5, 0.6) is 0 Å². The monoisotopic (exact) mass is 235 g/mol. The Labute approximate surface area is 95.8 Å². The van der Waals surface area contributed by atoms with Gasteiger partial charge >= 0.3 is 5.97 Å². The van der Waals surface area contributed by atoms with Crippen molar-refractivity contribution in [1.82, 2.24) is 5.32 Å². The van der Waals surface area contributed by atoms with Crippen LogP contribution >= 0.6 is 12.4 Å². The van der Waals surface area contributed by atoms with Crippen LogP contribution in [0.4, 0.5) is 0 Å². The molecule has 2 unspecified atom stereocenters. The molecule has 2 fully saturated rings.